The zero-order valence-electron chi connectivity index (χ0n) is 12.0. The molecular formula is C14H22FN3O. The van der Waals surface area contributed by atoms with Crippen LogP contribution in [0.15, 0.2) is 12.3 Å². The fourth-order valence-electron chi connectivity index (χ4n) is 2.12. The van der Waals surface area contributed by atoms with E-state index in [1.807, 2.05) is 20.8 Å². The molecule has 0 atom stereocenters. The molecule has 0 saturated carbocycles. The first-order valence-corrected chi connectivity index (χ1v) is 6.68. The van der Waals surface area contributed by atoms with Crippen LogP contribution < -0.4 is 10.6 Å². The molecule has 0 aromatic carbocycles. The van der Waals surface area contributed by atoms with E-state index in [4.69, 9.17) is 0 Å². The van der Waals surface area contributed by atoms with Crippen molar-refractivity contribution in [3.8, 4) is 0 Å². The minimum atomic E-state index is -0.611. The molecule has 0 bridgehead atoms. The van der Waals surface area contributed by atoms with E-state index in [1.165, 1.54) is 12.3 Å². The highest BCUT2D eigenvalue weighted by Crippen LogP contribution is 2.21. The minimum Gasteiger partial charge on any atom is -0.371 e. The van der Waals surface area contributed by atoms with Crippen molar-refractivity contribution in [2.24, 2.45) is 0 Å². The largest absolute Gasteiger partial charge is 0.371 e. The van der Waals surface area contributed by atoms with Crippen LogP contribution in [0.25, 0.3) is 0 Å². The van der Waals surface area contributed by atoms with Crippen LogP contribution in [0, 0.1) is 5.82 Å². The van der Waals surface area contributed by atoms with Gasteiger partial charge in [0, 0.05) is 18.8 Å². The summed E-state index contributed by atoms with van der Waals surface area (Å²) >= 11 is 0. The molecular weight excluding hydrogens is 245 g/mol. The van der Waals surface area contributed by atoms with Crippen molar-refractivity contribution < 1.29 is 9.18 Å². The maximum Gasteiger partial charge on any atom is 0.254 e. The molecule has 2 N–H and O–H groups in total. The Balaban J connectivity index is 3.01. The van der Waals surface area contributed by atoms with E-state index < -0.39 is 5.82 Å². The molecule has 0 unspecified atom stereocenters. The van der Waals surface area contributed by atoms with Gasteiger partial charge in [-0.05, 0) is 25.3 Å². The summed E-state index contributed by atoms with van der Waals surface area (Å²) in [7, 11) is 1.57. The number of nitrogens with zero attached hydrogens (tertiary/aromatic N) is 1. The Bertz CT molecular complexity index is 436. The fourth-order valence-corrected chi connectivity index (χ4v) is 2.12. The monoisotopic (exact) mass is 267 g/mol. The number of hydrogen-bond donors (Lipinski definition) is 2. The van der Waals surface area contributed by atoms with Crippen molar-refractivity contribution in [3.63, 3.8) is 0 Å². The fraction of sp³-hybridized carbons (Fsp3) is 0.571. The van der Waals surface area contributed by atoms with Crippen molar-refractivity contribution in [1.82, 2.24) is 10.3 Å². The van der Waals surface area contributed by atoms with E-state index in [1.54, 1.807) is 7.05 Å². The molecule has 106 valence electrons. The summed E-state index contributed by atoms with van der Waals surface area (Å²) in [5, 5.41) is 5.58. The highest BCUT2D eigenvalue weighted by Gasteiger charge is 2.27. The average Bonchev–Trinajstić information content (AvgIpc) is 2.45. The summed E-state index contributed by atoms with van der Waals surface area (Å²) < 4.78 is 14.0. The molecule has 0 aliphatic carbocycles. The Morgan fingerprint density at radius 1 is 1.32 bits per heavy atom. The standard InChI is InChI=1S/C14H22FN3O/c1-5-14(6-2,7-3)18-13(19)10-8-9-17-12(16-4)11(10)15/h8-9H,5-7H2,1-4H3,(H,16,17)(H,18,19). The Morgan fingerprint density at radius 3 is 2.37 bits per heavy atom. The summed E-state index contributed by atoms with van der Waals surface area (Å²) in [6, 6.07) is 1.40. The SMILES string of the molecule is CCC(CC)(CC)NC(=O)c1ccnc(NC)c1F. The minimum absolute atomic E-state index is 0.0269. The van der Waals surface area contributed by atoms with Gasteiger partial charge in [-0.3, -0.25) is 4.79 Å². The quantitative estimate of drug-likeness (QED) is 0.833. The van der Waals surface area contributed by atoms with Gasteiger partial charge in [0.1, 0.15) is 0 Å². The number of nitrogens with one attached hydrogen (secondary N) is 2. The van der Waals surface area contributed by atoms with Crippen molar-refractivity contribution in [3.05, 3.63) is 23.6 Å². The smallest absolute Gasteiger partial charge is 0.254 e. The Hall–Kier alpha value is -1.65. The van der Waals surface area contributed by atoms with Gasteiger partial charge in [-0.1, -0.05) is 20.8 Å². The highest BCUT2D eigenvalue weighted by molar-refractivity contribution is 5.95. The average molecular weight is 267 g/mol. The summed E-state index contributed by atoms with van der Waals surface area (Å²) in [4.78, 5) is 16.0. The molecule has 1 rings (SSSR count). The number of aromatic nitrogens is 1. The molecule has 1 aromatic rings. The zero-order chi connectivity index (χ0) is 14.5. The highest BCUT2D eigenvalue weighted by atomic mass is 19.1. The lowest BCUT2D eigenvalue weighted by Gasteiger charge is -2.31. The number of pyridine rings is 1. The van der Waals surface area contributed by atoms with Crippen molar-refractivity contribution in [2.45, 2.75) is 45.6 Å². The third kappa shape index (κ3) is 3.22. The Kier molecular flexibility index (Phi) is 5.27. The molecule has 0 aliphatic heterocycles. The molecule has 1 amide bonds. The van der Waals surface area contributed by atoms with Gasteiger partial charge in [0.15, 0.2) is 11.6 Å². The number of hydrogen-bond acceptors (Lipinski definition) is 3. The van der Waals surface area contributed by atoms with Gasteiger partial charge in [0.2, 0.25) is 0 Å². The zero-order valence-corrected chi connectivity index (χ0v) is 12.0. The van der Waals surface area contributed by atoms with Crippen molar-refractivity contribution >= 4 is 11.7 Å². The van der Waals surface area contributed by atoms with Gasteiger partial charge in [0.25, 0.3) is 5.91 Å². The third-order valence-corrected chi connectivity index (χ3v) is 3.78. The van der Waals surface area contributed by atoms with Crippen LogP contribution >= 0.6 is 0 Å². The predicted molar refractivity (Wildman–Crippen MR) is 74.8 cm³/mol. The number of rotatable bonds is 6. The second-order valence-corrected chi connectivity index (χ2v) is 4.57. The lowest BCUT2D eigenvalue weighted by Crippen LogP contribution is -2.47. The molecule has 5 heteroatoms. The van der Waals surface area contributed by atoms with E-state index in [2.05, 4.69) is 15.6 Å². The third-order valence-electron chi connectivity index (χ3n) is 3.78. The summed E-state index contributed by atoms with van der Waals surface area (Å²) in [5.74, 6) is -0.913. The topological polar surface area (TPSA) is 54.0 Å². The summed E-state index contributed by atoms with van der Waals surface area (Å²) in [5.41, 5.74) is -0.244. The van der Waals surface area contributed by atoms with Gasteiger partial charge >= 0.3 is 0 Å². The summed E-state index contributed by atoms with van der Waals surface area (Å²) in [6.45, 7) is 6.07. The maximum atomic E-state index is 14.0. The molecule has 0 fully saturated rings. The van der Waals surface area contributed by atoms with Gasteiger partial charge in [-0.15, -0.1) is 0 Å². The number of carbonyl (C=O) groups is 1. The van der Waals surface area contributed by atoms with E-state index in [0.29, 0.717) is 0 Å². The molecule has 0 radical (unpaired) electrons. The molecule has 1 heterocycles. The molecule has 19 heavy (non-hydrogen) atoms. The second kappa shape index (κ2) is 6.50. The molecule has 1 aromatic heterocycles. The van der Waals surface area contributed by atoms with Gasteiger partial charge in [-0.2, -0.15) is 0 Å². The van der Waals surface area contributed by atoms with E-state index in [-0.39, 0.29) is 22.8 Å². The Labute approximate surface area is 113 Å². The Morgan fingerprint density at radius 2 is 1.89 bits per heavy atom. The van der Waals surface area contributed by atoms with Gasteiger partial charge in [-0.25, -0.2) is 9.37 Å². The van der Waals surface area contributed by atoms with Crippen molar-refractivity contribution in [1.29, 1.82) is 0 Å². The maximum absolute atomic E-state index is 14.0. The van der Waals surface area contributed by atoms with Crippen LogP contribution in [0.2, 0.25) is 0 Å². The van der Waals surface area contributed by atoms with Crippen LogP contribution in [-0.2, 0) is 0 Å². The van der Waals surface area contributed by atoms with Gasteiger partial charge in [0.05, 0.1) is 5.56 Å². The van der Waals surface area contributed by atoms with Crippen molar-refractivity contribution in [2.75, 3.05) is 12.4 Å². The number of carbonyl (C=O) groups excluding carboxylic acids is 1. The predicted octanol–water partition coefficient (Wildman–Crippen LogP) is 2.96. The molecule has 0 aliphatic rings. The number of amides is 1. The van der Waals surface area contributed by atoms with E-state index in [9.17, 15) is 9.18 Å². The van der Waals surface area contributed by atoms with Gasteiger partial charge < -0.3 is 10.6 Å². The van der Waals surface area contributed by atoms with E-state index in [0.717, 1.165) is 19.3 Å². The van der Waals surface area contributed by atoms with Crippen LogP contribution in [0.1, 0.15) is 50.4 Å². The van der Waals surface area contributed by atoms with Crippen LogP contribution in [-0.4, -0.2) is 23.5 Å². The number of halogens is 1. The first-order valence-electron chi connectivity index (χ1n) is 6.68. The first-order chi connectivity index (χ1) is 9.03. The lowest BCUT2D eigenvalue weighted by atomic mass is 9.89. The lowest BCUT2D eigenvalue weighted by molar-refractivity contribution is 0.0884. The first kappa shape index (κ1) is 15.4. The molecule has 0 spiro atoms. The molecule has 4 nitrogen and oxygen atoms in total. The number of anilines is 1. The summed E-state index contributed by atoms with van der Waals surface area (Å²) in [6.07, 6.45) is 3.88. The second-order valence-electron chi connectivity index (χ2n) is 4.57. The van der Waals surface area contributed by atoms with Crippen LogP contribution in [0.4, 0.5) is 10.2 Å². The van der Waals surface area contributed by atoms with E-state index >= 15 is 0 Å². The normalized spacial score (nSPS) is 11.2. The molecule has 0 saturated heterocycles. The van der Waals surface area contributed by atoms with Crippen LogP contribution in [0.3, 0.4) is 0 Å². The van der Waals surface area contributed by atoms with Crippen LogP contribution in [0.5, 0.6) is 0 Å².